The Labute approximate surface area is 165 Å². The predicted molar refractivity (Wildman–Crippen MR) is 102 cm³/mol. The van der Waals surface area contributed by atoms with Crippen LogP contribution < -0.4 is 9.47 Å². The molecule has 0 N–H and O–H groups in total. The maximum atomic E-state index is 15.1. The lowest BCUT2D eigenvalue weighted by molar-refractivity contribution is -0.185. The van der Waals surface area contributed by atoms with Crippen LogP contribution in [0.25, 0.3) is 0 Å². The Morgan fingerprint density at radius 1 is 1.11 bits per heavy atom. The van der Waals surface area contributed by atoms with Crippen molar-refractivity contribution >= 4 is 0 Å². The van der Waals surface area contributed by atoms with Crippen LogP contribution in [0.4, 0.5) is 8.78 Å². The molecule has 1 spiro atoms. The van der Waals surface area contributed by atoms with Crippen LogP contribution in [0.3, 0.4) is 0 Å². The summed E-state index contributed by atoms with van der Waals surface area (Å²) in [6.45, 7) is 0.928. The number of ether oxygens (including phenoxy) is 2. The molecular weight excluding hydrogens is 360 g/mol. The fourth-order valence-electron chi connectivity index (χ4n) is 7.54. The zero-order chi connectivity index (χ0) is 19.1. The van der Waals surface area contributed by atoms with Gasteiger partial charge in [-0.15, -0.1) is 0 Å². The molecule has 2 aliphatic heterocycles. The van der Waals surface area contributed by atoms with Gasteiger partial charge in [0.15, 0.2) is 17.6 Å². The van der Waals surface area contributed by atoms with Gasteiger partial charge in [-0.3, -0.25) is 4.90 Å². The van der Waals surface area contributed by atoms with Gasteiger partial charge in [-0.2, -0.15) is 0 Å². The third-order valence-corrected chi connectivity index (χ3v) is 8.58. The minimum Gasteiger partial charge on any atom is -0.493 e. The molecule has 0 radical (unpaired) electrons. The molecular formula is C23H29F2NO2. The maximum absolute atomic E-state index is 15.1. The number of benzene rings is 1. The second-order valence-corrected chi connectivity index (χ2v) is 9.63. The Kier molecular flexibility index (Phi) is 3.65. The van der Waals surface area contributed by atoms with E-state index in [0.717, 1.165) is 24.9 Å². The Morgan fingerprint density at radius 2 is 1.93 bits per heavy atom. The van der Waals surface area contributed by atoms with Crippen LogP contribution in [0.15, 0.2) is 12.1 Å². The first-order valence-electron chi connectivity index (χ1n) is 11.1. The monoisotopic (exact) mass is 389 g/mol. The Hall–Kier alpha value is -1.36. The molecule has 5 aliphatic rings. The first kappa shape index (κ1) is 17.5. The normalized spacial score (nSPS) is 38.6. The highest BCUT2D eigenvalue weighted by Gasteiger charge is 2.71. The fraction of sp³-hybridized carbons (Fsp3) is 0.739. The van der Waals surface area contributed by atoms with E-state index in [1.165, 1.54) is 37.7 Å². The molecule has 6 rings (SSSR count). The van der Waals surface area contributed by atoms with Crippen molar-refractivity contribution in [2.45, 2.75) is 87.3 Å². The van der Waals surface area contributed by atoms with Gasteiger partial charge in [0.1, 0.15) is 0 Å². The van der Waals surface area contributed by atoms with E-state index in [-0.39, 0.29) is 12.3 Å². The topological polar surface area (TPSA) is 21.7 Å². The van der Waals surface area contributed by atoms with E-state index >= 15 is 8.78 Å². The quantitative estimate of drug-likeness (QED) is 0.732. The van der Waals surface area contributed by atoms with Gasteiger partial charge in [-0.05, 0) is 56.2 Å². The zero-order valence-corrected chi connectivity index (χ0v) is 16.6. The summed E-state index contributed by atoms with van der Waals surface area (Å²) >= 11 is 0. The van der Waals surface area contributed by atoms with Crippen molar-refractivity contribution in [2.24, 2.45) is 5.92 Å². The Bertz CT molecular complexity index is 806. The molecule has 2 heterocycles. The van der Waals surface area contributed by atoms with Gasteiger partial charge in [0, 0.05) is 29.5 Å². The highest BCUT2D eigenvalue weighted by Crippen LogP contribution is 2.66. The van der Waals surface area contributed by atoms with Crippen molar-refractivity contribution in [2.75, 3.05) is 13.7 Å². The number of hydrogen-bond acceptors (Lipinski definition) is 3. The molecule has 3 nitrogen and oxygen atoms in total. The van der Waals surface area contributed by atoms with Crippen molar-refractivity contribution in [3.05, 3.63) is 23.3 Å². The van der Waals surface area contributed by atoms with Crippen LogP contribution >= 0.6 is 0 Å². The van der Waals surface area contributed by atoms with Crippen molar-refractivity contribution in [1.82, 2.24) is 4.90 Å². The van der Waals surface area contributed by atoms with Crippen LogP contribution in [-0.2, 0) is 11.8 Å². The lowest BCUT2D eigenvalue weighted by Crippen LogP contribution is -2.69. The summed E-state index contributed by atoms with van der Waals surface area (Å²) in [4.78, 5) is 2.72. The third kappa shape index (κ3) is 2.07. The van der Waals surface area contributed by atoms with Crippen LogP contribution in [0.1, 0.15) is 62.5 Å². The van der Waals surface area contributed by atoms with E-state index < -0.39 is 17.4 Å². The van der Waals surface area contributed by atoms with Crippen molar-refractivity contribution in [3.8, 4) is 11.5 Å². The average Bonchev–Trinajstić information content (AvgIpc) is 3.05. The lowest BCUT2D eigenvalue weighted by atomic mass is 9.51. The summed E-state index contributed by atoms with van der Waals surface area (Å²) in [5, 5.41) is 0. The molecule has 3 fully saturated rings. The SMILES string of the molecule is COc1ccc2c3c1O[C@@H]1C(F)(F)CCC4[C@H](C2)N(C2CCCCC2)CC[C@]341. The predicted octanol–water partition coefficient (Wildman–Crippen LogP) is 4.70. The van der Waals surface area contributed by atoms with Gasteiger partial charge in [-0.1, -0.05) is 25.3 Å². The number of nitrogens with zero attached hydrogens (tertiary/aromatic N) is 1. The van der Waals surface area contributed by atoms with E-state index in [4.69, 9.17) is 9.47 Å². The fourth-order valence-corrected chi connectivity index (χ4v) is 7.54. The maximum Gasteiger partial charge on any atom is 0.285 e. The first-order chi connectivity index (χ1) is 13.6. The number of methoxy groups -OCH3 is 1. The number of piperidine rings is 1. The number of rotatable bonds is 2. The highest BCUT2D eigenvalue weighted by molar-refractivity contribution is 5.61. The van der Waals surface area contributed by atoms with Crippen molar-refractivity contribution < 1.29 is 18.3 Å². The smallest absolute Gasteiger partial charge is 0.285 e. The summed E-state index contributed by atoms with van der Waals surface area (Å²) in [5.74, 6) is -1.27. The van der Waals surface area contributed by atoms with Gasteiger partial charge >= 0.3 is 0 Å². The summed E-state index contributed by atoms with van der Waals surface area (Å²) in [6, 6.07) is 5.05. The Morgan fingerprint density at radius 3 is 2.71 bits per heavy atom. The molecule has 1 aromatic rings. The molecule has 0 aromatic heterocycles. The molecule has 2 saturated carbocycles. The largest absolute Gasteiger partial charge is 0.493 e. The van der Waals surface area contributed by atoms with Gasteiger partial charge in [0.2, 0.25) is 0 Å². The molecule has 4 atom stereocenters. The van der Waals surface area contributed by atoms with Crippen LogP contribution in [0.5, 0.6) is 11.5 Å². The van der Waals surface area contributed by atoms with Gasteiger partial charge in [-0.25, -0.2) is 8.78 Å². The molecule has 0 amide bonds. The van der Waals surface area contributed by atoms with E-state index in [1.54, 1.807) is 7.11 Å². The third-order valence-electron chi connectivity index (χ3n) is 8.58. The molecule has 152 valence electrons. The zero-order valence-electron chi connectivity index (χ0n) is 16.6. The molecule has 1 saturated heterocycles. The van der Waals surface area contributed by atoms with Gasteiger partial charge in [0.25, 0.3) is 5.92 Å². The summed E-state index contributed by atoms with van der Waals surface area (Å²) < 4.78 is 41.9. The minimum atomic E-state index is -2.77. The van der Waals surface area contributed by atoms with Gasteiger partial charge in [0.05, 0.1) is 7.11 Å². The summed E-state index contributed by atoms with van der Waals surface area (Å²) in [5.41, 5.74) is 1.76. The second-order valence-electron chi connectivity index (χ2n) is 9.63. The molecule has 28 heavy (non-hydrogen) atoms. The first-order valence-corrected chi connectivity index (χ1v) is 11.1. The van der Waals surface area contributed by atoms with Crippen molar-refractivity contribution in [3.63, 3.8) is 0 Å². The lowest BCUT2D eigenvalue weighted by Gasteiger charge is -2.60. The summed E-state index contributed by atoms with van der Waals surface area (Å²) in [7, 11) is 1.61. The average molecular weight is 389 g/mol. The van der Waals surface area contributed by atoms with Crippen LogP contribution in [0, 0.1) is 5.92 Å². The van der Waals surface area contributed by atoms with Crippen LogP contribution in [0.2, 0.25) is 0 Å². The number of hydrogen-bond donors (Lipinski definition) is 0. The highest BCUT2D eigenvalue weighted by atomic mass is 19.3. The van der Waals surface area contributed by atoms with E-state index in [0.29, 0.717) is 30.0 Å². The van der Waals surface area contributed by atoms with E-state index in [1.807, 2.05) is 6.07 Å². The van der Waals surface area contributed by atoms with E-state index in [9.17, 15) is 0 Å². The number of likely N-dealkylation sites (tertiary alicyclic amines) is 1. The van der Waals surface area contributed by atoms with Crippen molar-refractivity contribution in [1.29, 1.82) is 0 Å². The van der Waals surface area contributed by atoms with Gasteiger partial charge < -0.3 is 9.47 Å². The second kappa shape index (κ2) is 5.84. The Balaban J connectivity index is 1.50. The number of alkyl halides is 2. The standard InChI is InChI=1S/C23H29F2NO2/c1-27-18-8-7-14-13-17-16-9-10-23(24,25)21-22(16,19(14)20(18)28-21)11-12-26(17)15-5-3-2-4-6-15/h7-8,15-17,21H,2-6,9-13H2,1H3/t16?,17-,21-,22+/m0/s1. The van der Waals surface area contributed by atoms with E-state index in [2.05, 4.69) is 11.0 Å². The molecule has 3 aliphatic carbocycles. The molecule has 1 unspecified atom stereocenters. The minimum absolute atomic E-state index is 0.0509. The number of halogens is 2. The molecule has 2 bridgehead atoms. The van der Waals surface area contributed by atoms with Crippen LogP contribution in [-0.4, -0.2) is 42.7 Å². The molecule has 5 heteroatoms. The summed E-state index contributed by atoms with van der Waals surface area (Å²) in [6.07, 6.45) is 7.80. The molecule has 1 aromatic carbocycles.